The second kappa shape index (κ2) is 4.23. The van der Waals surface area contributed by atoms with Crippen molar-refractivity contribution in [3.05, 3.63) is 40.0 Å². The van der Waals surface area contributed by atoms with Gasteiger partial charge in [0.15, 0.2) is 0 Å². The van der Waals surface area contributed by atoms with Crippen molar-refractivity contribution >= 4 is 28.5 Å². The Morgan fingerprint density at radius 3 is 3.06 bits per heavy atom. The van der Waals surface area contributed by atoms with Gasteiger partial charge in [0.2, 0.25) is 0 Å². The van der Waals surface area contributed by atoms with Crippen LogP contribution in [0.15, 0.2) is 18.2 Å². The monoisotopic (exact) mass is 263 g/mol. The molecule has 0 unspecified atom stereocenters. The lowest BCUT2D eigenvalue weighted by Gasteiger charge is -2.19. The Labute approximate surface area is 108 Å². The summed E-state index contributed by atoms with van der Waals surface area (Å²) >= 11 is 5.93. The third kappa shape index (κ3) is 1.74. The number of halogens is 1. The molecule has 3 rings (SSSR count). The van der Waals surface area contributed by atoms with Crippen molar-refractivity contribution < 1.29 is 14.6 Å². The summed E-state index contributed by atoms with van der Waals surface area (Å²) in [6.45, 7) is 0.880. The molecule has 0 aliphatic carbocycles. The summed E-state index contributed by atoms with van der Waals surface area (Å²) in [7, 11) is 0. The number of fused-ring (bicyclic) bond motifs is 2. The van der Waals surface area contributed by atoms with Gasteiger partial charge < -0.3 is 9.84 Å². The van der Waals surface area contributed by atoms with Gasteiger partial charge in [-0.3, -0.25) is 4.98 Å². The largest absolute Gasteiger partial charge is 0.478 e. The predicted molar refractivity (Wildman–Crippen MR) is 67.1 cm³/mol. The van der Waals surface area contributed by atoms with Crippen molar-refractivity contribution in [2.24, 2.45) is 0 Å². The summed E-state index contributed by atoms with van der Waals surface area (Å²) < 4.78 is 5.33. The molecule has 92 valence electrons. The first kappa shape index (κ1) is 11.4. The number of aromatic nitrogens is 1. The summed E-state index contributed by atoms with van der Waals surface area (Å²) in [4.78, 5) is 16.0. The summed E-state index contributed by atoms with van der Waals surface area (Å²) in [6.07, 6.45) is 0.647. The highest BCUT2D eigenvalue weighted by molar-refractivity contribution is 6.31. The van der Waals surface area contributed by atoms with E-state index in [9.17, 15) is 9.90 Å². The molecule has 1 aromatic heterocycles. The zero-order valence-corrected chi connectivity index (χ0v) is 10.2. The van der Waals surface area contributed by atoms with Gasteiger partial charge in [-0.15, -0.1) is 0 Å². The maximum Gasteiger partial charge on any atom is 0.336 e. The van der Waals surface area contributed by atoms with E-state index < -0.39 is 5.97 Å². The van der Waals surface area contributed by atoms with Gasteiger partial charge in [0.1, 0.15) is 0 Å². The lowest BCUT2D eigenvalue weighted by molar-refractivity contribution is 0.0683. The fourth-order valence-electron chi connectivity index (χ4n) is 2.28. The third-order valence-electron chi connectivity index (χ3n) is 3.08. The number of benzene rings is 1. The van der Waals surface area contributed by atoms with E-state index in [4.69, 9.17) is 16.3 Å². The normalized spacial score (nSPS) is 14.5. The molecule has 0 fully saturated rings. The highest BCUT2D eigenvalue weighted by atomic mass is 35.5. The van der Waals surface area contributed by atoms with Gasteiger partial charge in [-0.2, -0.15) is 0 Å². The van der Waals surface area contributed by atoms with E-state index >= 15 is 0 Å². The van der Waals surface area contributed by atoms with Gasteiger partial charge >= 0.3 is 5.97 Å². The molecule has 2 heterocycles. The van der Waals surface area contributed by atoms with Crippen molar-refractivity contribution in [3.8, 4) is 0 Å². The Kier molecular flexibility index (Phi) is 2.69. The van der Waals surface area contributed by atoms with Crippen molar-refractivity contribution in [3.63, 3.8) is 0 Å². The van der Waals surface area contributed by atoms with E-state index in [0.717, 1.165) is 5.69 Å². The van der Waals surface area contributed by atoms with Crippen LogP contribution in [0, 0.1) is 0 Å². The molecule has 1 aliphatic heterocycles. The quantitative estimate of drug-likeness (QED) is 0.859. The molecule has 18 heavy (non-hydrogen) atoms. The van der Waals surface area contributed by atoms with Crippen LogP contribution in [-0.4, -0.2) is 22.7 Å². The van der Waals surface area contributed by atoms with Crippen LogP contribution in [0.1, 0.15) is 21.6 Å². The van der Waals surface area contributed by atoms with Gasteiger partial charge in [0.25, 0.3) is 0 Å². The molecule has 1 aliphatic rings. The van der Waals surface area contributed by atoms with E-state index in [0.29, 0.717) is 41.1 Å². The molecule has 1 aromatic carbocycles. The first-order chi connectivity index (χ1) is 8.66. The fourth-order valence-corrected chi connectivity index (χ4v) is 2.45. The van der Waals surface area contributed by atoms with Gasteiger partial charge in [0.05, 0.1) is 24.3 Å². The van der Waals surface area contributed by atoms with Crippen molar-refractivity contribution in [2.45, 2.75) is 13.0 Å². The summed E-state index contributed by atoms with van der Waals surface area (Å²) in [5, 5.41) is 10.5. The topological polar surface area (TPSA) is 59.4 Å². The molecule has 0 radical (unpaired) electrons. The number of aromatic carboxylic acids is 1. The fraction of sp³-hybridized carbons (Fsp3) is 0.231. The minimum absolute atomic E-state index is 0.261. The van der Waals surface area contributed by atoms with Crippen molar-refractivity contribution in [2.75, 3.05) is 6.61 Å². The summed E-state index contributed by atoms with van der Waals surface area (Å²) in [5.74, 6) is -0.966. The number of ether oxygens (including phenoxy) is 1. The molecule has 2 aromatic rings. The van der Waals surface area contributed by atoms with Crippen LogP contribution >= 0.6 is 11.6 Å². The Hall–Kier alpha value is -1.65. The predicted octanol–water partition coefficient (Wildman–Crippen LogP) is 2.66. The molecule has 0 spiro atoms. The Bertz CT molecular complexity index is 654. The first-order valence-corrected chi connectivity index (χ1v) is 5.96. The Morgan fingerprint density at radius 1 is 1.44 bits per heavy atom. The minimum atomic E-state index is -0.966. The molecular formula is C13H10ClNO3. The molecule has 4 nitrogen and oxygen atoms in total. The molecule has 5 heteroatoms. The number of carbonyl (C=O) groups is 1. The highest BCUT2D eigenvalue weighted by Gasteiger charge is 2.22. The number of hydrogen-bond donors (Lipinski definition) is 1. The molecule has 0 amide bonds. The Morgan fingerprint density at radius 2 is 2.28 bits per heavy atom. The van der Waals surface area contributed by atoms with Crippen LogP contribution in [0.5, 0.6) is 0 Å². The first-order valence-electron chi connectivity index (χ1n) is 5.59. The van der Waals surface area contributed by atoms with Gasteiger partial charge in [-0.05, 0) is 18.2 Å². The van der Waals surface area contributed by atoms with Gasteiger partial charge in [0, 0.05) is 28.1 Å². The average Bonchev–Trinajstić information content (AvgIpc) is 2.35. The number of hydrogen-bond acceptors (Lipinski definition) is 3. The van der Waals surface area contributed by atoms with Crippen LogP contribution in [0.4, 0.5) is 0 Å². The van der Waals surface area contributed by atoms with Gasteiger partial charge in [-0.1, -0.05) is 11.6 Å². The number of rotatable bonds is 1. The third-order valence-corrected chi connectivity index (χ3v) is 3.31. The smallest absolute Gasteiger partial charge is 0.336 e. The summed E-state index contributed by atoms with van der Waals surface area (Å²) in [6, 6.07) is 5.11. The Balaban J connectivity index is 2.41. The molecule has 0 bridgehead atoms. The maximum atomic E-state index is 11.5. The van der Waals surface area contributed by atoms with E-state index in [1.165, 1.54) is 0 Å². The number of nitrogens with zero attached hydrogens (tertiary/aromatic N) is 1. The summed E-state index contributed by atoms with van der Waals surface area (Å²) in [5.41, 5.74) is 2.41. The standard InChI is InChI=1S/C13H10ClNO3/c14-7-1-2-10-8(5-7)12(13(16)17)9-6-18-4-3-11(9)15-10/h1-2,5H,3-4,6H2,(H,16,17). The molecular weight excluding hydrogens is 254 g/mol. The molecule has 0 atom stereocenters. The zero-order chi connectivity index (χ0) is 12.7. The van der Waals surface area contributed by atoms with E-state index in [2.05, 4.69) is 4.98 Å². The number of carboxylic acids is 1. The lowest BCUT2D eigenvalue weighted by Crippen LogP contribution is -2.17. The van der Waals surface area contributed by atoms with Crippen molar-refractivity contribution in [1.82, 2.24) is 4.98 Å². The van der Waals surface area contributed by atoms with E-state index in [1.54, 1.807) is 18.2 Å². The lowest BCUT2D eigenvalue weighted by atomic mass is 9.98. The average molecular weight is 264 g/mol. The molecule has 0 saturated heterocycles. The van der Waals surface area contributed by atoms with Crippen LogP contribution in [0.3, 0.4) is 0 Å². The van der Waals surface area contributed by atoms with Gasteiger partial charge in [-0.25, -0.2) is 4.79 Å². The molecule has 0 saturated carbocycles. The maximum absolute atomic E-state index is 11.5. The minimum Gasteiger partial charge on any atom is -0.478 e. The van der Waals surface area contributed by atoms with Crippen LogP contribution < -0.4 is 0 Å². The van der Waals surface area contributed by atoms with Crippen molar-refractivity contribution in [1.29, 1.82) is 0 Å². The second-order valence-corrected chi connectivity index (χ2v) is 4.62. The second-order valence-electron chi connectivity index (χ2n) is 4.18. The number of carboxylic acid groups (broad SMARTS) is 1. The number of pyridine rings is 1. The molecule has 1 N–H and O–H groups in total. The van der Waals surface area contributed by atoms with E-state index in [-0.39, 0.29) is 5.56 Å². The van der Waals surface area contributed by atoms with Crippen LogP contribution in [0.2, 0.25) is 5.02 Å². The highest BCUT2D eigenvalue weighted by Crippen LogP contribution is 2.28. The van der Waals surface area contributed by atoms with E-state index in [1.807, 2.05) is 0 Å². The zero-order valence-electron chi connectivity index (χ0n) is 9.44. The van der Waals surface area contributed by atoms with Crippen LogP contribution in [0.25, 0.3) is 10.9 Å². The SMILES string of the molecule is O=C(O)c1c2c(nc3ccc(Cl)cc13)CCOC2. The van der Waals surface area contributed by atoms with Crippen LogP contribution in [-0.2, 0) is 17.8 Å².